The zero-order valence-corrected chi connectivity index (χ0v) is 8.46. The van der Waals surface area contributed by atoms with E-state index in [1.54, 1.807) is 0 Å². The molecule has 54 valence electrons. The molecule has 0 aliphatic rings. The normalized spacial score (nSPS) is 3.60. The molecule has 0 radical (unpaired) electrons. The van der Waals surface area contributed by atoms with Gasteiger partial charge in [-0.3, -0.25) is 0 Å². The van der Waals surface area contributed by atoms with Gasteiger partial charge in [0.25, 0.3) is 0 Å². The van der Waals surface area contributed by atoms with Gasteiger partial charge in [-0.25, -0.2) is 0 Å². The first kappa shape index (κ1) is 22.6. The van der Waals surface area contributed by atoms with Gasteiger partial charge in [0.15, 0.2) is 0 Å². The maximum Gasteiger partial charge on any atom is 3.00 e. The molecule has 10 heavy (non-hydrogen) atoms. The SMILES string of the molecule is O=C[O-].O=C[O-].O=C[O-].[Pr+3]. The molecule has 0 aromatic heterocycles. The summed E-state index contributed by atoms with van der Waals surface area (Å²) in [5, 5.41) is 24.8. The molecule has 6 nitrogen and oxygen atoms in total. The molecule has 0 heterocycles. The van der Waals surface area contributed by atoms with Crippen LogP contribution < -0.4 is 15.3 Å². The summed E-state index contributed by atoms with van der Waals surface area (Å²) in [5.41, 5.74) is 0. The van der Waals surface area contributed by atoms with E-state index in [9.17, 15) is 0 Å². The fourth-order valence-electron chi connectivity index (χ4n) is 0. The van der Waals surface area contributed by atoms with Crippen molar-refractivity contribution in [1.29, 1.82) is 0 Å². The monoisotopic (exact) mass is 276 g/mol. The molecule has 7 heteroatoms. The number of rotatable bonds is 0. The third-order valence-corrected chi connectivity index (χ3v) is 0. The van der Waals surface area contributed by atoms with Crippen molar-refractivity contribution in [2.24, 2.45) is 0 Å². The van der Waals surface area contributed by atoms with Crippen LogP contribution in [0.25, 0.3) is 0 Å². The minimum absolute atomic E-state index is 0. The second-order valence-corrected chi connectivity index (χ2v) is 0.289. The Morgan fingerprint density at radius 3 is 0.700 bits per heavy atom. The quantitative estimate of drug-likeness (QED) is 0.409. The Bertz CT molecular complexity index is 49.7. The summed E-state index contributed by atoms with van der Waals surface area (Å²) in [6.45, 7) is -1.50. The summed E-state index contributed by atoms with van der Waals surface area (Å²) in [6, 6.07) is 0. The van der Waals surface area contributed by atoms with Crippen LogP contribution in [0, 0.1) is 41.3 Å². The van der Waals surface area contributed by atoms with E-state index in [0.717, 1.165) is 0 Å². The van der Waals surface area contributed by atoms with Gasteiger partial charge in [0.05, 0.1) is 0 Å². The van der Waals surface area contributed by atoms with Crippen LogP contribution in [0.3, 0.4) is 0 Å². The van der Waals surface area contributed by atoms with E-state index >= 15 is 0 Å². The van der Waals surface area contributed by atoms with Gasteiger partial charge in [-0.1, -0.05) is 0 Å². The Labute approximate surface area is 89.8 Å². The standard InChI is InChI=1S/3CH2O2.Pr/c3*2-1-3;/h3*1H,(H,2,3);/q;;;+3/p-3. The van der Waals surface area contributed by atoms with Crippen molar-refractivity contribution < 1.29 is 71.0 Å². The van der Waals surface area contributed by atoms with Gasteiger partial charge >= 0.3 is 41.3 Å². The fourth-order valence-corrected chi connectivity index (χ4v) is 0. The van der Waals surface area contributed by atoms with Crippen LogP contribution in [-0.2, 0) is 14.4 Å². The minimum atomic E-state index is -0.500. The first-order valence-corrected chi connectivity index (χ1v) is 1.41. The molecule has 0 aliphatic heterocycles. The molecule has 0 atom stereocenters. The van der Waals surface area contributed by atoms with Crippen LogP contribution in [0.4, 0.5) is 0 Å². The van der Waals surface area contributed by atoms with Gasteiger partial charge < -0.3 is 29.7 Å². The zero-order chi connectivity index (χ0) is 8.12. The Hall–Kier alpha value is -0.226. The molecular formula is C3H3O6Pr. The third-order valence-electron chi connectivity index (χ3n) is 0. The topological polar surface area (TPSA) is 120 Å². The molecule has 0 aromatic rings. The van der Waals surface area contributed by atoms with Crippen molar-refractivity contribution in [1.82, 2.24) is 0 Å². The van der Waals surface area contributed by atoms with E-state index in [2.05, 4.69) is 0 Å². The molecule has 0 saturated carbocycles. The average molecular weight is 276 g/mol. The largest absolute Gasteiger partial charge is 3.00 e. The van der Waals surface area contributed by atoms with Gasteiger partial charge in [-0.05, 0) is 0 Å². The van der Waals surface area contributed by atoms with E-state index in [-0.39, 0.29) is 41.3 Å². The molecular weight excluding hydrogens is 273 g/mol. The second-order valence-electron chi connectivity index (χ2n) is 0.289. The van der Waals surface area contributed by atoms with Crippen molar-refractivity contribution in [2.45, 2.75) is 0 Å². The van der Waals surface area contributed by atoms with Crippen molar-refractivity contribution in [3.8, 4) is 0 Å². The predicted molar refractivity (Wildman–Crippen MR) is 18.2 cm³/mol. The van der Waals surface area contributed by atoms with Crippen LogP contribution in [0.1, 0.15) is 0 Å². The molecule has 0 amide bonds. The van der Waals surface area contributed by atoms with Gasteiger partial charge in [0.2, 0.25) is 0 Å². The Morgan fingerprint density at radius 2 is 0.700 bits per heavy atom. The Kier molecular flexibility index (Phi) is 156. The molecule has 0 saturated heterocycles. The molecule has 0 rings (SSSR count). The van der Waals surface area contributed by atoms with Crippen molar-refractivity contribution >= 4 is 19.4 Å². The summed E-state index contributed by atoms with van der Waals surface area (Å²) >= 11 is 0. The van der Waals surface area contributed by atoms with Crippen molar-refractivity contribution in [3.05, 3.63) is 0 Å². The van der Waals surface area contributed by atoms with Gasteiger partial charge in [0.1, 0.15) is 0 Å². The van der Waals surface area contributed by atoms with E-state index in [0.29, 0.717) is 0 Å². The van der Waals surface area contributed by atoms with Crippen LogP contribution in [0.2, 0.25) is 0 Å². The van der Waals surface area contributed by atoms with E-state index < -0.39 is 19.4 Å². The van der Waals surface area contributed by atoms with Gasteiger partial charge in [-0.15, -0.1) is 0 Å². The second kappa shape index (κ2) is 68.9. The molecule has 0 unspecified atom stereocenters. The number of hydrogen-bond acceptors (Lipinski definition) is 6. The van der Waals surface area contributed by atoms with E-state index in [4.69, 9.17) is 29.7 Å². The third kappa shape index (κ3) is 6960. The molecule has 0 N–H and O–H groups in total. The summed E-state index contributed by atoms with van der Waals surface area (Å²) < 4.78 is 0. The number of carbonyl (C=O) groups excluding carboxylic acids is 3. The van der Waals surface area contributed by atoms with E-state index in [1.165, 1.54) is 0 Å². The van der Waals surface area contributed by atoms with Gasteiger partial charge in [-0.2, -0.15) is 0 Å². The summed E-state index contributed by atoms with van der Waals surface area (Å²) in [6.07, 6.45) is 0. The fraction of sp³-hybridized carbons (Fsp3) is 0. The van der Waals surface area contributed by atoms with E-state index in [1.807, 2.05) is 0 Å². The molecule has 0 fully saturated rings. The predicted octanol–water partition coefficient (Wildman–Crippen LogP) is -4.90. The Balaban J connectivity index is -0.0000000257. The number of carbonyl (C=O) groups is 3. The maximum atomic E-state index is 8.25. The Morgan fingerprint density at radius 1 is 0.700 bits per heavy atom. The molecule has 0 aromatic carbocycles. The van der Waals surface area contributed by atoms with Crippen LogP contribution in [-0.4, -0.2) is 19.4 Å². The van der Waals surface area contributed by atoms with Crippen LogP contribution >= 0.6 is 0 Å². The zero-order valence-electron chi connectivity index (χ0n) is 4.76. The average Bonchev–Trinajstić information content (AvgIpc) is 1.70. The molecule has 0 spiro atoms. The molecule has 0 aliphatic carbocycles. The summed E-state index contributed by atoms with van der Waals surface area (Å²) in [5.74, 6) is 0. The molecule has 0 bridgehead atoms. The first-order chi connectivity index (χ1) is 4.24. The van der Waals surface area contributed by atoms with Crippen LogP contribution in [0.5, 0.6) is 0 Å². The van der Waals surface area contributed by atoms with Crippen molar-refractivity contribution in [3.63, 3.8) is 0 Å². The van der Waals surface area contributed by atoms with Crippen molar-refractivity contribution in [2.75, 3.05) is 0 Å². The van der Waals surface area contributed by atoms with Gasteiger partial charge in [0, 0.05) is 19.4 Å². The number of carboxylic acid groups (broad SMARTS) is 3. The summed E-state index contributed by atoms with van der Waals surface area (Å²) in [7, 11) is 0. The smallest absolute Gasteiger partial charge is 0.554 e. The summed E-state index contributed by atoms with van der Waals surface area (Å²) in [4.78, 5) is 24.8. The number of hydrogen-bond donors (Lipinski definition) is 0. The maximum absolute atomic E-state index is 8.25. The minimum Gasteiger partial charge on any atom is -0.554 e. The van der Waals surface area contributed by atoms with Crippen LogP contribution in [0.15, 0.2) is 0 Å². The first-order valence-electron chi connectivity index (χ1n) is 1.41.